The van der Waals surface area contributed by atoms with Crippen molar-refractivity contribution in [3.8, 4) is 5.75 Å². The Bertz CT molecular complexity index is 1020. The van der Waals surface area contributed by atoms with Gasteiger partial charge in [0, 0.05) is 12.6 Å². The summed E-state index contributed by atoms with van der Waals surface area (Å²) in [4.78, 5) is 41.6. The van der Waals surface area contributed by atoms with E-state index in [1.54, 1.807) is 13.8 Å². The van der Waals surface area contributed by atoms with Gasteiger partial charge in [-0.1, -0.05) is 23.2 Å². The van der Waals surface area contributed by atoms with Crippen LogP contribution >= 0.6 is 23.2 Å². The van der Waals surface area contributed by atoms with Crippen molar-refractivity contribution in [2.24, 2.45) is 10.4 Å². The van der Waals surface area contributed by atoms with Crippen molar-refractivity contribution in [2.75, 3.05) is 14.2 Å². The molecule has 3 N–H and O–H groups in total. The van der Waals surface area contributed by atoms with E-state index in [0.29, 0.717) is 11.4 Å². The molecule has 1 aromatic carbocycles. The van der Waals surface area contributed by atoms with Gasteiger partial charge in [0.1, 0.15) is 0 Å². The number of urea groups is 1. The molecule has 0 bridgehead atoms. The standard InChI is InChI=1S/C19H18Cl2N4O4/c1-19(2)13-14(25-17(19)27)11(7-12(15(13)26)24-18(28)22-3)23-8-5-9(20)16(29-4)10(21)6-8/h5-7H,1-4H3,(H,25,27)(H2,22,24,28). The predicted molar refractivity (Wildman–Crippen MR) is 110 cm³/mol. The lowest BCUT2D eigenvalue weighted by molar-refractivity contribution is -0.127. The second-order valence-electron chi connectivity index (χ2n) is 6.86. The third-order valence-corrected chi connectivity index (χ3v) is 5.16. The second kappa shape index (κ2) is 7.53. The van der Waals surface area contributed by atoms with Crippen molar-refractivity contribution in [3.63, 3.8) is 0 Å². The number of allylic oxidation sites excluding steroid dienone is 2. The molecule has 3 rings (SSSR count). The molecular weight excluding hydrogens is 419 g/mol. The smallest absolute Gasteiger partial charge is 0.319 e. The topological polar surface area (TPSA) is 109 Å². The largest absolute Gasteiger partial charge is 0.494 e. The number of ether oxygens (including phenoxy) is 1. The van der Waals surface area contributed by atoms with Gasteiger partial charge in [-0.25, -0.2) is 9.79 Å². The van der Waals surface area contributed by atoms with Gasteiger partial charge in [-0.3, -0.25) is 9.59 Å². The predicted octanol–water partition coefficient (Wildman–Crippen LogP) is 2.88. The number of Topliss-reactive ketones (excluding diaryl/α,β-unsaturated/α-hetero) is 1. The summed E-state index contributed by atoms with van der Waals surface area (Å²) in [5, 5.41) is 8.08. The van der Waals surface area contributed by atoms with Crippen molar-refractivity contribution in [1.82, 2.24) is 16.0 Å². The number of hydrogen-bond donors (Lipinski definition) is 3. The summed E-state index contributed by atoms with van der Waals surface area (Å²) >= 11 is 12.4. The molecule has 0 spiro atoms. The molecule has 2 aliphatic rings. The number of carbonyl (C=O) groups is 3. The summed E-state index contributed by atoms with van der Waals surface area (Å²) in [6.07, 6.45) is 1.39. The molecule has 1 aliphatic heterocycles. The molecule has 1 aromatic rings. The number of amides is 3. The Morgan fingerprint density at radius 3 is 2.38 bits per heavy atom. The third-order valence-electron chi connectivity index (χ3n) is 4.60. The van der Waals surface area contributed by atoms with Crippen LogP contribution in [0.5, 0.6) is 5.75 Å². The Balaban J connectivity index is 2.16. The summed E-state index contributed by atoms with van der Waals surface area (Å²) in [5.41, 5.74) is 0.0777. The summed E-state index contributed by atoms with van der Waals surface area (Å²) in [6, 6.07) is 2.51. The van der Waals surface area contributed by atoms with Gasteiger partial charge in [0.15, 0.2) is 5.75 Å². The summed E-state index contributed by atoms with van der Waals surface area (Å²) in [5.74, 6) is -0.496. The maximum absolute atomic E-state index is 12.9. The summed E-state index contributed by atoms with van der Waals surface area (Å²) in [7, 11) is 2.87. The van der Waals surface area contributed by atoms with Gasteiger partial charge < -0.3 is 20.7 Å². The van der Waals surface area contributed by atoms with Gasteiger partial charge in [-0.15, -0.1) is 0 Å². The fraction of sp³-hybridized carbons (Fsp3) is 0.263. The van der Waals surface area contributed by atoms with Gasteiger partial charge in [0.25, 0.3) is 0 Å². The zero-order chi connectivity index (χ0) is 21.5. The fourth-order valence-electron chi connectivity index (χ4n) is 3.07. The summed E-state index contributed by atoms with van der Waals surface area (Å²) in [6.45, 7) is 3.26. The number of methoxy groups -OCH3 is 1. The Kier molecular flexibility index (Phi) is 5.42. The molecule has 152 valence electrons. The lowest BCUT2D eigenvalue weighted by Crippen LogP contribution is -2.38. The van der Waals surface area contributed by atoms with Crippen LogP contribution in [0.4, 0.5) is 10.5 Å². The van der Waals surface area contributed by atoms with E-state index in [4.69, 9.17) is 27.9 Å². The second-order valence-corrected chi connectivity index (χ2v) is 7.67. The van der Waals surface area contributed by atoms with E-state index in [0.717, 1.165) is 0 Å². The highest BCUT2D eigenvalue weighted by Gasteiger charge is 2.47. The van der Waals surface area contributed by atoms with Crippen LogP contribution in [0.25, 0.3) is 0 Å². The van der Waals surface area contributed by atoms with Crippen LogP contribution < -0.4 is 20.7 Å². The Morgan fingerprint density at radius 2 is 1.83 bits per heavy atom. The van der Waals surface area contributed by atoms with Crippen LogP contribution in [0.15, 0.2) is 40.2 Å². The van der Waals surface area contributed by atoms with Crippen molar-refractivity contribution in [3.05, 3.63) is 45.2 Å². The van der Waals surface area contributed by atoms with Crippen molar-refractivity contribution >= 4 is 52.3 Å². The van der Waals surface area contributed by atoms with Gasteiger partial charge in [0.2, 0.25) is 11.7 Å². The minimum Gasteiger partial charge on any atom is -0.494 e. The molecular formula is C19H18Cl2N4O4. The van der Waals surface area contributed by atoms with Crippen LogP contribution in [0.2, 0.25) is 10.0 Å². The monoisotopic (exact) mass is 436 g/mol. The highest BCUT2D eigenvalue weighted by Crippen LogP contribution is 2.40. The van der Waals surface area contributed by atoms with Gasteiger partial charge in [-0.05, 0) is 32.1 Å². The first-order valence-corrected chi connectivity index (χ1v) is 9.29. The number of rotatable bonds is 3. The first-order chi connectivity index (χ1) is 13.6. The summed E-state index contributed by atoms with van der Waals surface area (Å²) < 4.78 is 5.13. The first kappa shape index (κ1) is 20.9. The van der Waals surface area contributed by atoms with Crippen LogP contribution in [0.3, 0.4) is 0 Å². The van der Waals surface area contributed by atoms with E-state index in [2.05, 4.69) is 20.9 Å². The maximum Gasteiger partial charge on any atom is 0.319 e. The van der Waals surface area contributed by atoms with Gasteiger partial charge in [-0.2, -0.15) is 0 Å². The maximum atomic E-state index is 12.9. The SMILES string of the molecule is CNC(=O)NC1=CC(=Nc2cc(Cl)c(OC)c(Cl)c2)C2=C(C1=O)C(C)(C)C(=O)N2. The Hall–Kier alpha value is -2.84. The molecule has 0 radical (unpaired) electrons. The number of nitrogens with zero attached hydrogens (tertiary/aromatic N) is 1. The van der Waals surface area contributed by atoms with Crippen molar-refractivity contribution < 1.29 is 19.1 Å². The minimum absolute atomic E-state index is 0.00266. The lowest BCUT2D eigenvalue weighted by Gasteiger charge is -2.22. The normalized spacial score (nSPS) is 19.0. The van der Waals surface area contributed by atoms with E-state index < -0.39 is 17.2 Å². The van der Waals surface area contributed by atoms with E-state index >= 15 is 0 Å². The lowest BCUT2D eigenvalue weighted by atomic mass is 9.79. The number of hydrogen-bond acceptors (Lipinski definition) is 5. The number of carbonyl (C=O) groups excluding carboxylic acids is 3. The number of ketones is 1. The van der Waals surface area contributed by atoms with E-state index in [1.165, 1.54) is 32.4 Å². The molecule has 1 aliphatic carbocycles. The minimum atomic E-state index is -1.09. The quantitative estimate of drug-likeness (QED) is 0.632. The Labute approximate surface area is 177 Å². The molecule has 0 saturated heterocycles. The molecule has 0 atom stereocenters. The number of nitrogens with one attached hydrogen (secondary N) is 3. The molecule has 8 nitrogen and oxygen atoms in total. The molecule has 0 unspecified atom stereocenters. The van der Waals surface area contributed by atoms with E-state index in [1.807, 2.05) is 0 Å². The van der Waals surface area contributed by atoms with Crippen molar-refractivity contribution in [1.29, 1.82) is 0 Å². The zero-order valence-corrected chi connectivity index (χ0v) is 17.6. The van der Waals surface area contributed by atoms with E-state index in [-0.39, 0.29) is 38.6 Å². The molecule has 0 fully saturated rings. The highest BCUT2D eigenvalue weighted by atomic mass is 35.5. The zero-order valence-electron chi connectivity index (χ0n) is 16.1. The molecule has 3 amide bonds. The van der Waals surface area contributed by atoms with Gasteiger partial charge >= 0.3 is 6.03 Å². The molecule has 1 heterocycles. The average molecular weight is 437 g/mol. The number of halogens is 2. The average Bonchev–Trinajstić information content (AvgIpc) is 2.88. The van der Waals surface area contributed by atoms with E-state index in [9.17, 15) is 14.4 Å². The van der Waals surface area contributed by atoms with Crippen LogP contribution in [0, 0.1) is 5.41 Å². The van der Waals surface area contributed by atoms with Crippen LogP contribution in [-0.4, -0.2) is 37.6 Å². The first-order valence-electron chi connectivity index (χ1n) is 8.53. The molecule has 10 heteroatoms. The van der Waals surface area contributed by atoms with Crippen LogP contribution in [0.1, 0.15) is 13.8 Å². The molecule has 0 aromatic heterocycles. The third kappa shape index (κ3) is 3.61. The fourth-order valence-corrected chi connectivity index (χ4v) is 3.70. The van der Waals surface area contributed by atoms with Gasteiger partial charge in [0.05, 0.1) is 45.4 Å². The number of benzene rings is 1. The Morgan fingerprint density at radius 1 is 1.21 bits per heavy atom. The number of aliphatic imine (C=N–C) groups is 1. The highest BCUT2D eigenvalue weighted by molar-refractivity contribution is 6.37. The molecule has 29 heavy (non-hydrogen) atoms. The molecule has 0 saturated carbocycles. The van der Waals surface area contributed by atoms with Crippen LogP contribution in [-0.2, 0) is 9.59 Å². The van der Waals surface area contributed by atoms with Crippen molar-refractivity contribution in [2.45, 2.75) is 13.8 Å².